The molecule has 9 heteroatoms. The Labute approximate surface area is 159 Å². The quantitative estimate of drug-likeness (QED) is 0.535. The van der Waals surface area contributed by atoms with E-state index in [1.54, 1.807) is 24.3 Å². The van der Waals surface area contributed by atoms with E-state index in [1.165, 1.54) is 25.6 Å². The van der Waals surface area contributed by atoms with Gasteiger partial charge in [0, 0.05) is 17.6 Å². The molecule has 0 bridgehead atoms. The van der Waals surface area contributed by atoms with Gasteiger partial charge in [0.05, 0.1) is 4.92 Å². The number of halogens is 1. The second-order valence-electron chi connectivity index (χ2n) is 6.02. The molecule has 1 N–H and O–H groups in total. The predicted molar refractivity (Wildman–Crippen MR) is 102 cm³/mol. The fourth-order valence-electron chi connectivity index (χ4n) is 2.86. The van der Waals surface area contributed by atoms with Gasteiger partial charge in [-0.05, 0) is 50.2 Å². The number of hydrogen-bond donors (Lipinski definition) is 1. The zero-order chi connectivity index (χ0) is 18.4. The molecule has 1 saturated heterocycles. The number of piperidine rings is 1. The van der Waals surface area contributed by atoms with Crippen molar-refractivity contribution in [3.63, 3.8) is 0 Å². The third-order valence-electron chi connectivity index (χ3n) is 4.17. The molecule has 2 heterocycles. The highest BCUT2D eigenvalue weighted by molar-refractivity contribution is 9.10. The summed E-state index contributed by atoms with van der Waals surface area (Å²) in [6.45, 7) is 3.55. The lowest BCUT2D eigenvalue weighted by atomic mass is 10.1. The maximum Gasteiger partial charge on any atom is 0.373 e. The Balaban J connectivity index is 1.70. The average Bonchev–Trinajstić information content (AvgIpc) is 2.64. The lowest BCUT2D eigenvalue weighted by Gasteiger charge is -2.26. The molecule has 1 aliphatic rings. The maximum absolute atomic E-state index is 11.5. The normalized spacial score (nSPS) is 14.8. The minimum atomic E-state index is -0.516. The van der Waals surface area contributed by atoms with Gasteiger partial charge in [-0.15, -0.1) is 0 Å². The van der Waals surface area contributed by atoms with Gasteiger partial charge in [-0.3, -0.25) is 10.1 Å². The molecule has 0 atom stereocenters. The average molecular weight is 422 g/mol. The predicted octanol–water partition coefficient (Wildman–Crippen LogP) is 3.84. The molecule has 0 aliphatic carbocycles. The summed E-state index contributed by atoms with van der Waals surface area (Å²) in [5.74, 6) is 0.566. The minimum Gasteiger partial charge on any atom is -0.434 e. The molecule has 1 aromatic heterocycles. The largest absolute Gasteiger partial charge is 0.434 e. The zero-order valence-electron chi connectivity index (χ0n) is 14.2. The van der Waals surface area contributed by atoms with Crippen LogP contribution in [-0.2, 0) is 0 Å². The second kappa shape index (κ2) is 8.91. The lowest BCUT2D eigenvalue weighted by Crippen LogP contribution is -2.33. The molecular formula is C17H20BrN5O3. The summed E-state index contributed by atoms with van der Waals surface area (Å²) in [6, 6.07) is 7.00. The van der Waals surface area contributed by atoms with Crippen LogP contribution in [0.5, 0.6) is 11.6 Å². The monoisotopic (exact) mass is 421 g/mol. The van der Waals surface area contributed by atoms with E-state index in [2.05, 4.69) is 36.1 Å². The molecule has 3 rings (SSSR count). The summed E-state index contributed by atoms with van der Waals surface area (Å²) in [7, 11) is 0. The summed E-state index contributed by atoms with van der Waals surface area (Å²) in [5, 5.41) is 14.6. The third kappa shape index (κ3) is 4.89. The number of nitrogens with one attached hydrogen (secondary N) is 1. The molecule has 0 unspecified atom stereocenters. The molecule has 1 aliphatic heterocycles. The van der Waals surface area contributed by atoms with E-state index in [9.17, 15) is 10.1 Å². The second-order valence-corrected chi connectivity index (χ2v) is 6.93. The van der Waals surface area contributed by atoms with E-state index in [1.807, 2.05) is 0 Å². The number of nitro groups is 1. The van der Waals surface area contributed by atoms with Gasteiger partial charge in [-0.1, -0.05) is 22.4 Å². The van der Waals surface area contributed by atoms with Crippen molar-refractivity contribution in [2.45, 2.75) is 19.3 Å². The van der Waals surface area contributed by atoms with Crippen molar-refractivity contribution in [3.05, 3.63) is 45.2 Å². The molecule has 2 aromatic rings. The van der Waals surface area contributed by atoms with Gasteiger partial charge in [0.2, 0.25) is 5.82 Å². The van der Waals surface area contributed by atoms with Crippen molar-refractivity contribution in [1.82, 2.24) is 14.9 Å². The first-order valence-corrected chi connectivity index (χ1v) is 9.32. The van der Waals surface area contributed by atoms with Gasteiger partial charge >= 0.3 is 11.6 Å². The summed E-state index contributed by atoms with van der Waals surface area (Å²) in [5.41, 5.74) is -0.255. The van der Waals surface area contributed by atoms with Crippen LogP contribution in [0.15, 0.2) is 35.1 Å². The summed E-state index contributed by atoms with van der Waals surface area (Å²) < 4.78 is 6.49. The molecule has 0 amide bonds. The highest BCUT2D eigenvalue weighted by Gasteiger charge is 2.25. The van der Waals surface area contributed by atoms with Crippen LogP contribution in [0.25, 0.3) is 0 Å². The van der Waals surface area contributed by atoms with Crippen molar-refractivity contribution in [1.29, 1.82) is 0 Å². The molecule has 0 spiro atoms. The van der Waals surface area contributed by atoms with E-state index in [0.717, 1.165) is 24.1 Å². The molecule has 1 fully saturated rings. The molecule has 0 radical (unpaired) electrons. The Morgan fingerprint density at radius 3 is 2.62 bits per heavy atom. The first-order chi connectivity index (χ1) is 12.6. The number of likely N-dealkylation sites (tertiary alicyclic amines) is 1. The van der Waals surface area contributed by atoms with Gasteiger partial charge in [-0.25, -0.2) is 4.98 Å². The van der Waals surface area contributed by atoms with E-state index in [-0.39, 0.29) is 17.4 Å². The van der Waals surface area contributed by atoms with Crippen LogP contribution < -0.4 is 10.1 Å². The van der Waals surface area contributed by atoms with Crippen LogP contribution in [0, 0.1) is 10.1 Å². The van der Waals surface area contributed by atoms with Crippen LogP contribution in [0.4, 0.5) is 11.5 Å². The highest BCUT2D eigenvalue weighted by atomic mass is 79.9. The SMILES string of the molecule is O=[N+]([O-])c1c(NCCN2CCCCC2)ncnc1Oc1ccc(Br)cc1. The van der Waals surface area contributed by atoms with Gasteiger partial charge in [0.1, 0.15) is 12.1 Å². The van der Waals surface area contributed by atoms with Crippen LogP contribution in [-0.4, -0.2) is 46.0 Å². The van der Waals surface area contributed by atoms with E-state index in [0.29, 0.717) is 12.3 Å². The highest BCUT2D eigenvalue weighted by Crippen LogP contribution is 2.34. The smallest absolute Gasteiger partial charge is 0.373 e. The van der Waals surface area contributed by atoms with Gasteiger partial charge in [0.15, 0.2) is 0 Å². The molecular weight excluding hydrogens is 402 g/mol. The Hall–Kier alpha value is -2.26. The topological polar surface area (TPSA) is 93.4 Å². The summed E-state index contributed by atoms with van der Waals surface area (Å²) in [4.78, 5) is 21.3. The first-order valence-electron chi connectivity index (χ1n) is 8.52. The van der Waals surface area contributed by atoms with E-state index < -0.39 is 4.92 Å². The number of nitrogens with zero attached hydrogens (tertiary/aromatic N) is 4. The zero-order valence-corrected chi connectivity index (χ0v) is 15.8. The van der Waals surface area contributed by atoms with Crippen LogP contribution in [0.1, 0.15) is 19.3 Å². The number of rotatable bonds is 7. The molecule has 138 valence electrons. The lowest BCUT2D eigenvalue weighted by molar-refractivity contribution is -0.385. The molecule has 8 nitrogen and oxygen atoms in total. The standard InChI is InChI=1S/C17H20BrN5O3/c18-13-4-6-14(7-5-13)26-17-15(23(24)25)16(20-12-21-17)19-8-11-22-9-2-1-3-10-22/h4-7,12H,1-3,8-11H2,(H,19,20,21). The first kappa shape index (κ1) is 18.5. The third-order valence-corrected chi connectivity index (χ3v) is 4.70. The fourth-order valence-corrected chi connectivity index (χ4v) is 3.13. The summed E-state index contributed by atoms with van der Waals surface area (Å²) in [6.07, 6.45) is 4.96. The Morgan fingerprint density at radius 1 is 1.19 bits per heavy atom. The number of hydrogen-bond acceptors (Lipinski definition) is 7. The number of anilines is 1. The Bertz CT molecular complexity index is 751. The summed E-state index contributed by atoms with van der Waals surface area (Å²) >= 11 is 3.34. The number of ether oxygens (including phenoxy) is 1. The Morgan fingerprint density at radius 2 is 1.92 bits per heavy atom. The minimum absolute atomic E-state index is 0.0761. The maximum atomic E-state index is 11.5. The van der Waals surface area contributed by atoms with Gasteiger partial charge in [0.25, 0.3) is 0 Å². The fraction of sp³-hybridized carbons (Fsp3) is 0.412. The molecule has 1 aromatic carbocycles. The van der Waals surface area contributed by atoms with E-state index in [4.69, 9.17) is 4.74 Å². The van der Waals surface area contributed by atoms with Gasteiger partial charge < -0.3 is 15.0 Å². The number of aromatic nitrogens is 2. The van der Waals surface area contributed by atoms with Crippen molar-refractivity contribution in [3.8, 4) is 11.6 Å². The Kier molecular flexibility index (Phi) is 6.35. The van der Waals surface area contributed by atoms with Crippen molar-refractivity contribution in [2.24, 2.45) is 0 Å². The van der Waals surface area contributed by atoms with Crippen LogP contribution in [0.3, 0.4) is 0 Å². The van der Waals surface area contributed by atoms with Crippen molar-refractivity contribution in [2.75, 3.05) is 31.5 Å². The van der Waals surface area contributed by atoms with E-state index >= 15 is 0 Å². The van der Waals surface area contributed by atoms with Crippen molar-refractivity contribution >= 4 is 27.4 Å². The van der Waals surface area contributed by atoms with Crippen LogP contribution in [0.2, 0.25) is 0 Å². The molecule has 0 saturated carbocycles. The number of benzene rings is 1. The molecule has 26 heavy (non-hydrogen) atoms. The van der Waals surface area contributed by atoms with Gasteiger partial charge in [-0.2, -0.15) is 4.98 Å². The van der Waals surface area contributed by atoms with Crippen molar-refractivity contribution < 1.29 is 9.66 Å². The van der Waals surface area contributed by atoms with Crippen LogP contribution >= 0.6 is 15.9 Å².